The number of alkyl halides is 1. The summed E-state index contributed by atoms with van der Waals surface area (Å²) in [6.45, 7) is -1.41. The molecule has 0 aliphatic carbocycles. The average Bonchev–Trinajstić information content (AvgIpc) is 3.32. The number of fused-ring (bicyclic) bond motifs is 1. The van der Waals surface area contributed by atoms with E-state index in [1.54, 1.807) is 0 Å². The minimum atomic E-state index is -4.86. The molecule has 35 heavy (non-hydrogen) atoms. The second-order valence-corrected chi connectivity index (χ2v) is 12.0. The van der Waals surface area contributed by atoms with Gasteiger partial charge in [-0.3, -0.25) is 13.7 Å². The molecule has 3 heterocycles. The van der Waals surface area contributed by atoms with Crippen molar-refractivity contribution in [3.8, 4) is 5.88 Å². The summed E-state index contributed by atoms with van der Waals surface area (Å²) in [5.74, 6) is -4.09. The van der Waals surface area contributed by atoms with Crippen molar-refractivity contribution in [3.05, 3.63) is 47.5 Å². The number of imidazole rings is 1. The van der Waals surface area contributed by atoms with Crippen molar-refractivity contribution in [2.75, 3.05) is 19.1 Å². The molecule has 1 aliphatic rings. The summed E-state index contributed by atoms with van der Waals surface area (Å²) in [5, 5.41) is 10.3. The maximum Gasteiger partial charge on any atom is 0.340 e. The molecule has 0 spiro atoms. The van der Waals surface area contributed by atoms with Crippen molar-refractivity contribution in [1.82, 2.24) is 19.5 Å². The van der Waals surface area contributed by atoms with Gasteiger partial charge in [0, 0.05) is 0 Å². The summed E-state index contributed by atoms with van der Waals surface area (Å²) in [6.07, 6.45) is -2.33. The molecule has 17 heteroatoms. The van der Waals surface area contributed by atoms with Crippen LogP contribution in [0.4, 0.5) is 4.39 Å². The molecule has 4 rings (SSSR count). The van der Waals surface area contributed by atoms with Crippen molar-refractivity contribution in [2.45, 2.75) is 24.6 Å². The van der Waals surface area contributed by atoms with Crippen LogP contribution in [0.5, 0.6) is 5.88 Å². The minimum absolute atomic E-state index is 0.0156. The highest BCUT2D eigenvalue weighted by molar-refractivity contribution is 7.70. The van der Waals surface area contributed by atoms with E-state index in [-0.39, 0.29) is 28.9 Å². The standard InChI is InChI=1S/C18H20ClFN4O9P2/c19-17-22-15-13(16(23-17)31-6-11-4-2-1-3-5-11)21-9-24(15)18(20)8-32-12(14(18)25)7-33-35(29,30)10-34(26,27)28/h1-5,9,12,14,25H,6-8,10H2,(H,29,30)(H2,26,27,28)/t12-,14-,18-/m1/s1. The fourth-order valence-electron chi connectivity index (χ4n) is 3.45. The van der Waals surface area contributed by atoms with Gasteiger partial charge < -0.3 is 33.8 Å². The molecule has 4 atom stereocenters. The smallest absolute Gasteiger partial charge is 0.340 e. The second-order valence-electron chi connectivity index (χ2n) is 7.71. The number of benzene rings is 1. The summed E-state index contributed by atoms with van der Waals surface area (Å²) < 4.78 is 55.2. The lowest BCUT2D eigenvalue weighted by Crippen LogP contribution is -2.43. The van der Waals surface area contributed by atoms with E-state index in [9.17, 15) is 19.1 Å². The highest BCUT2D eigenvalue weighted by atomic mass is 35.5. The maximum absolute atomic E-state index is 15.9. The fraction of sp³-hybridized carbons (Fsp3) is 0.389. The van der Waals surface area contributed by atoms with Gasteiger partial charge in [-0.1, -0.05) is 30.3 Å². The molecule has 0 saturated carbocycles. The average molecular weight is 553 g/mol. The first kappa shape index (κ1) is 26.1. The summed E-state index contributed by atoms with van der Waals surface area (Å²) in [4.78, 5) is 39.4. The van der Waals surface area contributed by atoms with E-state index < -0.39 is 52.3 Å². The van der Waals surface area contributed by atoms with E-state index in [4.69, 9.17) is 30.9 Å². The molecule has 3 aromatic rings. The van der Waals surface area contributed by atoms with Gasteiger partial charge in [-0.25, -0.2) is 9.37 Å². The summed E-state index contributed by atoms with van der Waals surface area (Å²) in [6, 6.07) is 9.15. The molecule has 13 nitrogen and oxygen atoms in total. The zero-order chi connectivity index (χ0) is 25.4. The minimum Gasteiger partial charge on any atom is -0.471 e. The van der Waals surface area contributed by atoms with Crippen LogP contribution in [0.2, 0.25) is 5.28 Å². The largest absolute Gasteiger partial charge is 0.471 e. The van der Waals surface area contributed by atoms with E-state index in [0.29, 0.717) is 0 Å². The van der Waals surface area contributed by atoms with E-state index in [1.165, 1.54) is 0 Å². The van der Waals surface area contributed by atoms with Gasteiger partial charge in [0.05, 0.1) is 6.61 Å². The first-order valence-corrected chi connectivity index (χ1v) is 13.9. The molecule has 0 bridgehead atoms. The van der Waals surface area contributed by atoms with Crippen LogP contribution in [-0.4, -0.2) is 70.6 Å². The Labute approximate surface area is 202 Å². The van der Waals surface area contributed by atoms with Crippen molar-refractivity contribution < 1.29 is 47.3 Å². The molecule has 1 fully saturated rings. The second kappa shape index (κ2) is 9.81. The Morgan fingerprint density at radius 3 is 2.63 bits per heavy atom. The topological polar surface area (TPSA) is 186 Å². The first-order chi connectivity index (χ1) is 16.4. The molecule has 4 N–H and O–H groups in total. The zero-order valence-corrected chi connectivity index (χ0v) is 20.3. The van der Waals surface area contributed by atoms with E-state index in [0.717, 1.165) is 16.5 Å². The number of rotatable bonds is 9. The van der Waals surface area contributed by atoms with Crippen LogP contribution in [-0.2, 0) is 30.8 Å². The molecule has 0 radical (unpaired) electrons. The van der Waals surface area contributed by atoms with Crippen LogP contribution in [0.15, 0.2) is 36.7 Å². The van der Waals surface area contributed by atoms with E-state index in [2.05, 4.69) is 19.5 Å². The van der Waals surface area contributed by atoms with Gasteiger partial charge in [0.2, 0.25) is 17.0 Å². The summed E-state index contributed by atoms with van der Waals surface area (Å²) in [5.41, 5.74) is 0.795. The van der Waals surface area contributed by atoms with E-state index in [1.807, 2.05) is 30.3 Å². The van der Waals surface area contributed by atoms with Crippen molar-refractivity contribution in [2.24, 2.45) is 0 Å². The van der Waals surface area contributed by atoms with Crippen LogP contribution < -0.4 is 4.74 Å². The van der Waals surface area contributed by atoms with Gasteiger partial charge in [-0.05, 0) is 17.2 Å². The van der Waals surface area contributed by atoms with Crippen LogP contribution in [0, 0.1) is 0 Å². The van der Waals surface area contributed by atoms with Gasteiger partial charge in [0.1, 0.15) is 31.7 Å². The molecule has 1 saturated heterocycles. The Morgan fingerprint density at radius 1 is 1.23 bits per heavy atom. The third kappa shape index (κ3) is 5.88. The summed E-state index contributed by atoms with van der Waals surface area (Å²) in [7, 11) is -9.59. The highest BCUT2D eigenvalue weighted by Gasteiger charge is 2.53. The normalized spacial score (nSPS) is 24.5. The van der Waals surface area contributed by atoms with Gasteiger partial charge in [0.25, 0.3) is 0 Å². The number of aliphatic hydroxyl groups is 1. The Kier molecular flexibility index (Phi) is 7.31. The van der Waals surface area contributed by atoms with Crippen molar-refractivity contribution >= 4 is 38.0 Å². The maximum atomic E-state index is 15.9. The third-order valence-corrected chi connectivity index (χ3v) is 8.69. The number of ether oxygens (including phenoxy) is 2. The zero-order valence-electron chi connectivity index (χ0n) is 17.7. The Hall–Kier alpha value is -1.99. The van der Waals surface area contributed by atoms with Gasteiger partial charge in [0.15, 0.2) is 17.1 Å². The van der Waals surface area contributed by atoms with Gasteiger partial charge in [-0.2, -0.15) is 9.97 Å². The number of hydrogen-bond donors (Lipinski definition) is 4. The van der Waals surface area contributed by atoms with Crippen LogP contribution in [0.25, 0.3) is 11.2 Å². The molecule has 2 aromatic heterocycles. The highest BCUT2D eigenvalue weighted by Crippen LogP contribution is 2.55. The lowest BCUT2D eigenvalue weighted by molar-refractivity contribution is -0.0448. The monoisotopic (exact) mass is 552 g/mol. The molecule has 0 amide bonds. The van der Waals surface area contributed by atoms with Crippen LogP contribution >= 0.6 is 26.8 Å². The quantitative estimate of drug-likeness (QED) is 0.223. The Balaban J connectivity index is 1.54. The molecular weight excluding hydrogens is 533 g/mol. The predicted octanol–water partition coefficient (Wildman–Crippen LogP) is 1.78. The van der Waals surface area contributed by atoms with Crippen molar-refractivity contribution in [3.63, 3.8) is 0 Å². The molecule has 1 aliphatic heterocycles. The Morgan fingerprint density at radius 2 is 1.94 bits per heavy atom. The first-order valence-electron chi connectivity index (χ1n) is 9.95. The number of halogens is 2. The number of aromatic nitrogens is 4. The number of hydrogen-bond acceptors (Lipinski definition) is 9. The predicted molar refractivity (Wildman–Crippen MR) is 119 cm³/mol. The third-order valence-electron chi connectivity index (χ3n) is 5.06. The lowest BCUT2D eigenvalue weighted by Gasteiger charge is -2.25. The fourth-order valence-corrected chi connectivity index (χ4v) is 6.17. The number of nitrogens with zero attached hydrogens (tertiary/aromatic N) is 4. The Bertz CT molecular complexity index is 1310. The van der Waals surface area contributed by atoms with Gasteiger partial charge in [-0.15, -0.1) is 0 Å². The SMILES string of the molecule is O=P(O)(O)CP(=O)(O)OC[C@H]1OC[C@@](F)(n2cnc3c(OCc4ccccc4)nc(Cl)nc32)[C@@H]1O. The van der Waals surface area contributed by atoms with Crippen LogP contribution in [0.3, 0.4) is 0 Å². The molecular formula is C18H20ClFN4O9P2. The molecule has 1 aromatic carbocycles. The number of aliphatic hydroxyl groups excluding tert-OH is 1. The van der Waals surface area contributed by atoms with Gasteiger partial charge >= 0.3 is 15.2 Å². The molecule has 190 valence electrons. The molecule has 1 unspecified atom stereocenters. The van der Waals surface area contributed by atoms with E-state index >= 15 is 4.39 Å². The lowest BCUT2D eigenvalue weighted by atomic mass is 10.1. The van der Waals surface area contributed by atoms with Crippen molar-refractivity contribution in [1.29, 1.82) is 0 Å². The summed E-state index contributed by atoms with van der Waals surface area (Å²) >= 11 is 6.00. The van der Waals surface area contributed by atoms with Crippen LogP contribution in [0.1, 0.15) is 5.56 Å².